The highest BCUT2D eigenvalue weighted by atomic mass is 35.5. The van der Waals surface area contributed by atoms with E-state index in [4.69, 9.17) is 37.4 Å². The Morgan fingerprint density at radius 3 is 2.69 bits per heavy atom. The molecule has 2 aliphatic rings. The van der Waals surface area contributed by atoms with Crippen molar-refractivity contribution in [1.82, 2.24) is 0 Å². The lowest BCUT2D eigenvalue weighted by molar-refractivity contribution is 0.101. The minimum Gasteiger partial charge on any atom is -0.489 e. The van der Waals surface area contributed by atoms with Crippen molar-refractivity contribution < 1.29 is 19.0 Å². The fourth-order valence-corrected chi connectivity index (χ4v) is 3.95. The van der Waals surface area contributed by atoms with Crippen LogP contribution in [0.2, 0.25) is 10.0 Å². The monoisotopic (exact) mass is 464 g/mol. The van der Waals surface area contributed by atoms with E-state index in [1.165, 1.54) is 0 Å². The molecule has 4 nitrogen and oxygen atoms in total. The van der Waals surface area contributed by atoms with Crippen molar-refractivity contribution >= 4 is 35.1 Å². The average Bonchev–Trinajstić information content (AvgIpc) is 3.09. The number of carbonyl (C=O) groups is 1. The second-order valence-corrected chi connectivity index (χ2v) is 8.39. The molecule has 0 saturated carbocycles. The molecule has 0 saturated heterocycles. The summed E-state index contributed by atoms with van der Waals surface area (Å²) in [4.78, 5) is 12.9. The van der Waals surface area contributed by atoms with Crippen molar-refractivity contribution in [2.75, 3.05) is 0 Å². The Hall–Kier alpha value is -3.21. The fourth-order valence-electron chi connectivity index (χ4n) is 3.63. The number of rotatable bonds is 4. The van der Waals surface area contributed by atoms with E-state index in [0.717, 1.165) is 22.4 Å². The summed E-state index contributed by atoms with van der Waals surface area (Å²) in [6.45, 7) is 2.26. The van der Waals surface area contributed by atoms with Crippen LogP contribution in [0, 0.1) is 0 Å². The molecule has 1 atom stereocenters. The molecule has 0 N–H and O–H groups in total. The third-order valence-corrected chi connectivity index (χ3v) is 6.08. The van der Waals surface area contributed by atoms with Gasteiger partial charge in [-0.3, -0.25) is 4.79 Å². The zero-order chi connectivity index (χ0) is 22.2. The molecular weight excluding hydrogens is 447 g/mol. The molecule has 0 bridgehead atoms. The second-order valence-electron chi connectivity index (χ2n) is 7.58. The van der Waals surface area contributed by atoms with Gasteiger partial charge in [0.05, 0.1) is 15.6 Å². The van der Waals surface area contributed by atoms with E-state index in [0.29, 0.717) is 33.7 Å². The number of carbonyl (C=O) groups excluding carboxylic acids is 1. The van der Waals surface area contributed by atoms with Gasteiger partial charge in [0.15, 0.2) is 5.76 Å². The number of hydrogen-bond acceptors (Lipinski definition) is 4. The lowest BCUT2D eigenvalue weighted by Crippen LogP contribution is -2.18. The first-order chi connectivity index (χ1) is 15.5. The topological polar surface area (TPSA) is 44.8 Å². The molecule has 0 spiro atoms. The van der Waals surface area contributed by atoms with Crippen molar-refractivity contribution in [1.29, 1.82) is 0 Å². The first-order valence-electron chi connectivity index (χ1n) is 10.1. The first-order valence-corrected chi connectivity index (χ1v) is 10.9. The van der Waals surface area contributed by atoms with Crippen molar-refractivity contribution in [3.63, 3.8) is 0 Å². The fraction of sp³-hybridized carbons (Fsp3) is 0.115. The highest BCUT2D eigenvalue weighted by Crippen LogP contribution is 2.36. The summed E-state index contributed by atoms with van der Waals surface area (Å²) in [6, 6.07) is 18.3. The lowest BCUT2D eigenvalue weighted by Gasteiger charge is -2.22. The molecule has 0 radical (unpaired) electrons. The van der Waals surface area contributed by atoms with Crippen LogP contribution in [0.1, 0.15) is 28.4 Å². The number of ketones is 1. The van der Waals surface area contributed by atoms with Gasteiger partial charge in [0.25, 0.3) is 0 Å². The number of allylic oxidation sites excluding steroid dienone is 1. The number of hydrogen-bond donors (Lipinski definition) is 0. The predicted molar refractivity (Wildman–Crippen MR) is 125 cm³/mol. The summed E-state index contributed by atoms with van der Waals surface area (Å²) in [6.07, 6.45) is 3.57. The van der Waals surface area contributed by atoms with Crippen LogP contribution in [0.25, 0.3) is 6.08 Å². The molecule has 0 amide bonds. The summed E-state index contributed by atoms with van der Waals surface area (Å²) in [5, 5.41) is 0.971. The van der Waals surface area contributed by atoms with Gasteiger partial charge >= 0.3 is 0 Å². The Morgan fingerprint density at radius 1 is 1.00 bits per heavy atom. The number of benzene rings is 3. The lowest BCUT2D eigenvalue weighted by atomic mass is 10.0. The zero-order valence-corrected chi connectivity index (χ0v) is 18.6. The normalized spacial score (nSPS) is 17.8. The van der Waals surface area contributed by atoms with Gasteiger partial charge in [-0.05, 0) is 60.5 Å². The molecular formula is C26H18Cl2O4. The van der Waals surface area contributed by atoms with E-state index in [-0.39, 0.29) is 17.6 Å². The summed E-state index contributed by atoms with van der Waals surface area (Å²) >= 11 is 12.0. The van der Waals surface area contributed by atoms with Crippen LogP contribution in [0.15, 0.2) is 78.1 Å². The Labute approximate surface area is 195 Å². The molecule has 0 unspecified atom stereocenters. The third-order valence-electron chi connectivity index (χ3n) is 5.34. The largest absolute Gasteiger partial charge is 0.489 e. The molecule has 2 aliphatic heterocycles. The van der Waals surface area contributed by atoms with E-state index in [1.54, 1.807) is 36.4 Å². The molecule has 32 heavy (non-hydrogen) atoms. The van der Waals surface area contributed by atoms with E-state index < -0.39 is 0 Å². The molecule has 2 heterocycles. The van der Waals surface area contributed by atoms with Crippen molar-refractivity contribution in [2.24, 2.45) is 0 Å². The van der Waals surface area contributed by atoms with Crippen LogP contribution in [0.3, 0.4) is 0 Å². The average molecular weight is 465 g/mol. The number of halogens is 2. The summed E-state index contributed by atoms with van der Waals surface area (Å²) < 4.78 is 17.7. The summed E-state index contributed by atoms with van der Waals surface area (Å²) in [5.41, 5.74) is 3.23. The summed E-state index contributed by atoms with van der Waals surface area (Å²) in [7, 11) is 0. The second kappa shape index (κ2) is 8.38. The quantitative estimate of drug-likeness (QED) is 0.394. The van der Waals surface area contributed by atoms with Gasteiger partial charge in [0.1, 0.15) is 30.0 Å². The van der Waals surface area contributed by atoms with E-state index in [2.05, 4.69) is 0 Å². The minimum atomic E-state index is -0.192. The maximum Gasteiger partial charge on any atom is 0.231 e. The predicted octanol–water partition coefficient (Wildman–Crippen LogP) is 6.90. The smallest absolute Gasteiger partial charge is 0.231 e. The van der Waals surface area contributed by atoms with E-state index in [9.17, 15) is 4.79 Å². The van der Waals surface area contributed by atoms with Crippen molar-refractivity contribution in [2.45, 2.75) is 19.6 Å². The Kier molecular flexibility index (Phi) is 5.41. The van der Waals surface area contributed by atoms with Gasteiger partial charge < -0.3 is 14.2 Å². The Bertz CT molecular complexity index is 1290. The standard InChI is InChI=1S/C26H18Cl2O4/c1-15-18(11-17-4-2-3-5-23(17)31-15)12-25-26(29)20-8-7-19(13-24(20)32-25)30-14-16-6-9-21(27)22(28)10-16/h2-13,15H,14H2,1H3/t15-/m0/s1. The van der Waals surface area contributed by atoms with Crippen molar-refractivity contribution in [3.8, 4) is 17.2 Å². The first kappa shape index (κ1) is 20.7. The SMILES string of the molecule is C[C@@H]1Oc2ccccc2C=C1C=C1Oc2cc(OCc3ccc(Cl)c(Cl)c3)ccc2C1=O. The van der Waals surface area contributed by atoms with Crippen LogP contribution >= 0.6 is 23.2 Å². The number of Topliss-reactive ketones (excluding diaryl/α,β-unsaturated/α-hetero) is 1. The van der Waals surface area contributed by atoms with Gasteiger partial charge in [-0.25, -0.2) is 0 Å². The van der Waals surface area contributed by atoms with Gasteiger partial charge in [-0.2, -0.15) is 0 Å². The number of fused-ring (bicyclic) bond motifs is 2. The highest BCUT2D eigenvalue weighted by Gasteiger charge is 2.29. The highest BCUT2D eigenvalue weighted by molar-refractivity contribution is 6.42. The maximum atomic E-state index is 12.9. The third kappa shape index (κ3) is 3.99. The molecule has 3 aromatic carbocycles. The van der Waals surface area contributed by atoms with Gasteiger partial charge in [-0.1, -0.05) is 47.5 Å². The van der Waals surface area contributed by atoms with Gasteiger partial charge in [-0.15, -0.1) is 0 Å². The van der Waals surface area contributed by atoms with Gasteiger partial charge in [0.2, 0.25) is 5.78 Å². The van der Waals surface area contributed by atoms with Crippen molar-refractivity contribution in [3.05, 3.63) is 105 Å². The Balaban J connectivity index is 1.35. The molecule has 6 heteroatoms. The summed E-state index contributed by atoms with van der Waals surface area (Å²) in [5.74, 6) is 1.99. The molecule has 5 rings (SSSR count). The zero-order valence-electron chi connectivity index (χ0n) is 17.1. The van der Waals surface area contributed by atoms with Crippen LogP contribution < -0.4 is 14.2 Å². The van der Waals surface area contributed by atoms with E-state index >= 15 is 0 Å². The van der Waals surface area contributed by atoms with Crippen LogP contribution in [0.4, 0.5) is 0 Å². The van der Waals surface area contributed by atoms with E-state index in [1.807, 2.05) is 43.3 Å². The maximum absolute atomic E-state index is 12.9. The molecule has 0 aromatic heterocycles. The van der Waals surface area contributed by atoms with Gasteiger partial charge in [0, 0.05) is 11.6 Å². The molecule has 3 aromatic rings. The molecule has 160 valence electrons. The molecule has 0 aliphatic carbocycles. The van der Waals surface area contributed by atoms with Crippen LogP contribution in [0.5, 0.6) is 17.2 Å². The number of ether oxygens (including phenoxy) is 3. The Morgan fingerprint density at radius 2 is 1.84 bits per heavy atom. The minimum absolute atomic E-state index is 0.164. The van der Waals surface area contributed by atoms with Crippen LogP contribution in [-0.4, -0.2) is 11.9 Å². The number of para-hydroxylation sites is 1. The molecule has 0 fully saturated rings. The van der Waals surface area contributed by atoms with Crippen LogP contribution in [-0.2, 0) is 6.61 Å².